The second-order valence-electron chi connectivity index (χ2n) is 4.31. The van der Waals surface area contributed by atoms with Crippen molar-refractivity contribution in [3.05, 3.63) is 58.6 Å². The zero-order valence-corrected chi connectivity index (χ0v) is 12.8. The summed E-state index contributed by atoms with van der Waals surface area (Å²) in [5, 5.41) is 0. The van der Waals surface area contributed by atoms with Crippen molar-refractivity contribution >= 4 is 15.9 Å². The highest BCUT2D eigenvalue weighted by Gasteiger charge is 2.02. The maximum atomic E-state index is 5.69. The van der Waals surface area contributed by atoms with Crippen molar-refractivity contribution in [2.24, 2.45) is 5.73 Å². The number of hydrogen-bond donors (Lipinski definition) is 1. The molecule has 0 heterocycles. The highest BCUT2D eigenvalue weighted by molar-refractivity contribution is 9.10. The van der Waals surface area contributed by atoms with Crippen molar-refractivity contribution in [1.29, 1.82) is 0 Å². The van der Waals surface area contributed by atoms with Crippen LogP contribution in [0.5, 0.6) is 11.5 Å². The van der Waals surface area contributed by atoms with Crippen LogP contribution in [0.4, 0.5) is 0 Å². The van der Waals surface area contributed by atoms with Gasteiger partial charge < -0.3 is 15.2 Å². The molecule has 0 spiro atoms. The number of hydrogen-bond acceptors (Lipinski definition) is 3. The molecule has 0 saturated carbocycles. The molecular weight excluding hydrogens is 318 g/mol. The van der Waals surface area contributed by atoms with E-state index in [2.05, 4.69) is 15.9 Å². The van der Waals surface area contributed by atoms with Gasteiger partial charge >= 0.3 is 0 Å². The van der Waals surface area contributed by atoms with Gasteiger partial charge in [-0.3, -0.25) is 0 Å². The molecule has 0 aliphatic heterocycles. The second-order valence-corrected chi connectivity index (χ2v) is 5.17. The maximum Gasteiger partial charge on any atom is 0.133 e. The van der Waals surface area contributed by atoms with Crippen LogP contribution in [0.2, 0.25) is 0 Å². The largest absolute Gasteiger partial charge is 0.490 e. The molecule has 0 amide bonds. The summed E-state index contributed by atoms with van der Waals surface area (Å²) < 4.78 is 12.2. The van der Waals surface area contributed by atoms with Gasteiger partial charge in [0.2, 0.25) is 0 Å². The Kier molecular flexibility index (Phi) is 5.89. The molecule has 2 rings (SSSR count). The molecule has 20 heavy (non-hydrogen) atoms. The van der Waals surface area contributed by atoms with Gasteiger partial charge in [-0.25, -0.2) is 0 Å². The van der Waals surface area contributed by atoms with Gasteiger partial charge in [0.05, 0.1) is 4.47 Å². The summed E-state index contributed by atoms with van der Waals surface area (Å²) in [6, 6.07) is 15.7. The predicted molar refractivity (Wildman–Crippen MR) is 84.3 cm³/mol. The summed E-state index contributed by atoms with van der Waals surface area (Å²) in [6.07, 6.45) is 0.871. The summed E-state index contributed by atoms with van der Waals surface area (Å²) in [5.74, 6) is 1.68. The third-order valence-corrected chi connectivity index (χ3v) is 3.40. The summed E-state index contributed by atoms with van der Waals surface area (Å²) in [5.41, 5.74) is 6.74. The van der Waals surface area contributed by atoms with Crippen LogP contribution < -0.4 is 15.2 Å². The lowest BCUT2D eigenvalue weighted by Gasteiger charge is -2.10. The summed E-state index contributed by atoms with van der Waals surface area (Å²) in [7, 11) is 0. The molecule has 2 aromatic carbocycles. The van der Waals surface area contributed by atoms with Crippen molar-refractivity contribution in [1.82, 2.24) is 0 Å². The molecular formula is C16H18BrNO2. The molecule has 0 radical (unpaired) electrons. The molecule has 0 atom stereocenters. The molecule has 0 unspecified atom stereocenters. The van der Waals surface area contributed by atoms with Gasteiger partial charge in [0, 0.05) is 0 Å². The van der Waals surface area contributed by atoms with Gasteiger partial charge in [-0.15, -0.1) is 0 Å². The molecule has 0 bridgehead atoms. The number of rotatable bonds is 7. The Morgan fingerprint density at radius 3 is 2.40 bits per heavy atom. The number of halogens is 1. The number of ether oxygens (including phenoxy) is 2. The monoisotopic (exact) mass is 335 g/mol. The average Bonchev–Trinajstić information content (AvgIpc) is 2.47. The zero-order chi connectivity index (χ0) is 14.2. The first-order chi connectivity index (χ1) is 9.79. The molecule has 2 aromatic rings. The minimum Gasteiger partial charge on any atom is -0.490 e. The minimum absolute atomic E-state index is 0.504. The quantitative estimate of drug-likeness (QED) is 0.788. The molecule has 0 aromatic heterocycles. The van der Waals surface area contributed by atoms with Gasteiger partial charge in [0.1, 0.15) is 24.7 Å². The van der Waals surface area contributed by atoms with Crippen LogP contribution in [0.3, 0.4) is 0 Å². The standard InChI is InChI=1S/C16H18BrNO2/c17-15-12-13(8-9-18)6-7-16(15)20-11-10-19-14-4-2-1-3-5-14/h1-7,12H,8-11,18H2. The molecule has 106 valence electrons. The van der Waals surface area contributed by atoms with E-state index in [4.69, 9.17) is 15.2 Å². The highest BCUT2D eigenvalue weighted by atomic mass is 79.9. The second kappa shape index (κ2) is 7.92. The minimum atomic E-state index is 0.504. The van der Waals surface area contributed by atoms with Crippen LogP contribution >= 0.6 is 15.9 Å². The lowest BCUT2D eigenvalue weighted by Crippen LogP contribution is -2.09. The Labute approximate surface area is 127 Å². The average molecular weight is 336 g/mol. The van der Waals surface area contributed by atoms with Crippen LogP contribution in [-0.2, 0) is 6.42 Å². The Bertz CT molecular complexity index is 531. The number of benzene rings is 2. The SMILES string of the molecule is NCCc1ccc(OCCOc2ccccc2)c(Br)c1. The lowest BCUT2D eigenvalue weighted by atomic mass is 10.1. The van der Waals surface area contributed by atoms with Gasteiger partial charge in [-0.05, 0) is 58.7 Å². The van der Waals surface area contributed by atoms with Gasteiger partial charge in [0.25, 0.3) is 0 Å². The topological polar surface area (TPSA) is 44.5 Å². The van der Waals surface area contributed by atoms with E-state index >= 15 is 0 Å². The Morgan fingerprint density at radius 1 is 0.950 bits per heavy atom. The Hall–Kier alpha value is -1.52. The third kappa shape index (κ3) is 4.54. The molecule has 0 saturated heterocycles. The van der Waals surface area contributed by atoms with E-state index < -0.39 is 0 Å². The van der Waals surface area contributed by atoms with Crippen LogP contribution in [-0.4, -0.2) is 19.8 Å². The summed E-state index contributed by atoms with van der Waals surface area (Å²) in [6.45, 7) is 1.67. The van der Waals surface area contributed by atoms with E-state index in [0.29, 0.717) is 19.8 Å². The Morgan fingerprint density at radius 2 is 1.70 bits per heavy atom. The maximum absolute atomic E-state index is 5.69. The smallest absolute Gasteiger partial charge is 0.133 e. The van der Waals surface area contributed by atoms with E-state index in [1.807, 2.05) is 48.5 Å². The fraction of sp³-hybridized carbons (Fsp3) is 0.250. The molecule has 2 N–H and O–H groups in total. The fourth-order valence-electron chi connectivity index (χ4n) is 1.81. The van der Waals surface area contributed by atoms with Crippen LogP contribution in [0, 0.1) is 0 Å². The fourth-order valence-corrected chi connectivity index (χ4v) is 2.35. The Balaban J connectivity index is 1.79. The molecule has 0 aliphatic carbocycles. The number of nitrogens with two attached hydrogens (primary N) is 1. The van der Waals surface area contributed by atoms with Crippen molar-refractivity contribution in [3.8, 4) is 11.5 Å². The van der Waals surface area contributed by atoms with Crippen molar-refractivity contribution in [2.45, 2.75) is 6.42 Å². The van der Waals surface area contributed by atoms with E-state index in [1.165, 1.54) is 5.56 Å². The first-order valence-electron chi connectivity index (χ1n) is 6.59. The highest BCUT2D eigenvalue weighted by Crippen LogP contribution is 2.26. The molecule has 4 heteroatoms. The van der Waals surface area contributed by atoms with Crippen molar-refractivity contribution in [2.75, 3.05) is 19.8 Å². The zero-order valence-electron chi connectivity index (χ0n) is 11.2. The van der Waals surface area contributed by atoms with Gasteiger partial charge in [-0.1, -0.05) is 24.3 Å². The van der Waals surface area contributed by atoms with Crippen LogP contribution in [0.1, 0.15) is 5.56 Å². The van der Waals surface area contributed by atoms with E-state index in [0.717, 1.165) is 22.4 Å². The first-order valence-corrected chi connectivity index (χ1v) is 7.38. The van der Waals surface area contributed by atoms with E-state index in [-0.39, 0.29) is 0 Å². The summed E-state index contributed by atoms with van der Waals surface area (Å²) in [4.78, 5) is 0. The van der Waals surface area contributed by atoms with Crippen LogP contribution in [0.25, 0.3) is 0 Å². The third-order valence-electron chi connectivity index (χ3n) is 2.78. The van der Waals surface area contributed by atoms with Gasteiger partial charge in [-0.2, -0.15) is 0 Å². The normalized spacial score (nSPS) is 10.3. The molecule has 3 nitrogen and oxygen atoms in total. The van der Waals surface area contributed by atoms with Gasteiger partial charge in [0.15, 0.2) is 0 Å². The predicted octanol–water partition coefficient (Wildman–Crippen LogP) is 3.41. The lowest BCUT2D eigenvalue weighted by molar-refractivity contribution is 0.216. The van der Waals surface area contributed by atoms with Crippen molar-refractivity contribution in [3.63, 3.8) is 0 Å². The first kappa shape index (κ1) is 14.9. The van der Waals surface area contributed by atoms with Crippen molar-refractivity contribution < 1.29 is 9.47 Å². The van der Waals surface area contributed by atoms with Crippen LogP contribution in [0.15, 0.2) is 53.0 Å². The van der Waals surface area contributed by atoms with E-state index in [9.17, 15) is 0 Å². The molecule has 0 aliphatic rings. The van der Waals surface area contributed by atoms with E-state index in [1.54, 1.807) is 0 Å². The summed E-state index contributed by atoms with van der Waals surface area (Å²) >= 11 is 3.51. The molecule has 0 fully saturated rings. The number of para-hydroxylation sites is 1.